The third-order valence-electron chi connectivity index (χ3n) is 4.71. The Morgan fingerprint density at radius 1 is 1.46 bits per heavy atom. The van der Waals surface area contributed by atoms with Gasteiger partial charge in [-0.1, -0.05) is 19.1 Å². The lowest BCUT2D eigenvalue weighted by molar-refractivity contribution is 0.273. The first-order valence-electron chi connectivity index (χ1n) is 8.97. The van der Waals surface area contributed by atoms with E-state index in [-0.39, 0.29) is 0 Å². The number of aromatic nitrogens is 2. The molecule has 6 nitrogen and oxygen atoms in total. The van der Waals surface area contributed by atoms with Crippen LogP contribution in [-0.2, 0) is 6.42 Å². The largest absolute Gasteiger partial charge is 0.370 e. The number of guanidine groups is 1. The number of rotatable bonds is 7. The molecular formula is C18H28N6. The quantitative estimate of drug-likeness (QED) is 0.412. The van der Waals surface area contributed by atoms with Crippen molar-refractivity contribution in [3.05, 3.63) is 30.1 Å². The molecule has 4 N–H and O–H groups in total. The zero-order valence-electron chi connectivity index (χ0n) is 14.5. The van der Waals surface area contributed by atoms with Gasteiger partial charge < -0.3 is 16.0 Å². The molecule has 24 heavy (non-hydrogen) atoms. The number of nitrogens with one attached hydrogen (secondary N) is 2. The monoisotopic (exact) mass is 328 g/mol. The summed E-state index contributed by atoms with van der Waals surface area (Å²) in [5.74, 6) is 1.58. The maximum Gasteiger partial charge on any atom is 0.188 e. The van der Waals surface area contributed by atoms with Crippen molar-refractivity contribution in [2.24, 2.45) is 10.7 Å². The van der Waals surface area contributed by atoms with E-state index >= 15 is 0 Å². The van der Waals surface area contributed by atoms with Crippen LogP contribution in [0.1, 0.15) is 32.0 Å². The highest BCUT2D eigenvalue weighted by atomic mass is 15.2. The number of benzene rings is 1. The highest BCUT2D eigenvalue weighted by Gasteiger charge is 2.22. The summed E-state index contributed by atoms with van der Waals surface area (Å²) >= 11 is 0. The number of aromatic amines is 1. The van der Waals surface area contributed by atoms with E-state index in [4.69, 9.17) is 5.73 Å². The number of nitrogens with two attached hydrogens (primary N) is 1. The number of hydrogen-bond acceptors (Lipinski definition) is 3. The van der Waals surface area contributed by atoms with Gasteiger partial charge in [0.25, 0.3) is 0 Å². The molecule has 6 heteroatoms. The second kappa shape index (κ2) is 8.15. The Bertz CT molecular complexity index is 644. The van der Waals surface area contributed by atoms with E-state index in [1.807, 2.05) is 18.2 Å². The molecular weight excluding hydrogens is 300 g/mol. The molecule has 1 aromatic heterocycles. The van der Waals surface area contributed by atoms with E-state index in [0.717, 1.165) is 49.3 Å². The summed E-state index contributed by atoms with van der Waals surface area (Å²) < 4.78 is 0. The number of fused-ring (bicyclic) bond motifs is 1. The fourth-order valence-electron chi connectivity index (χ4n) is 3.37. The van der Waals surface area contributed by atoms with Gasteiger partial charge in [-0.25, -0.2) is 4.98 Å². The van der Waals surface area contributed by atoms with E-state index < -0.39 is 0 Å². The first-order valence-corrected chi connectivity index (χ1v) is 8.97. The van der Waals surface area contributed by atoms with Gasteiger partial charge in [0, 0.05) is 19.0 Å². The minimum atomic E-state index is 0.558. The number of hydrogen-bond donors (Lipinski definition) is 3. The van der Waals surface area contributed by atoms with Crippen molar-refractivity contribution in [3.63, 3.8) is 0 Å². The average Bonchev–Trinajstić information content (AvgIpc) is 3.22. The van der Waals surface area contributed by atoms with E-state index in [1.54, 1.807) is 0 Å². The van der Waals surface area contributed by atoms with Gasteiger partial charge in [0.15, 0.2) is 5.96 Å². The van der Waals surface area contributed by atoms with Crippen LogP contribution in [-0.4, -0.2) is 53.0 Å². The van der Waals surface area contributed by atoms with Gasteiger partial charge in [-0.3, -0.25) is 9.89 Å². The molecule has 0 saturated carbocycles. The van der Waals surface area contributed by atoms with Crippen molar-refractivity contribution in [1.82, 2.24) is 20.2 Å². The molecule has 130 valence electrons. The van der Waals surface area contributed by atoms with Crippen molar-refractivity contribution < 1.29 is 0 Å². The van der Waals surface area contributed by atoms with Crippen molar-refractivity contribution >= 4 is 17.0 Å². The topological polar surface area (TPSA) is 82.3 Å². The Morgan fingerprint density at radius 2 is 2.33 bits per heavy atom. The first kappa shape index (κ1) is 16.8. The average molecular weight is 328 g/mol. The number of likely N-dealkylation sites (tertiary alicyclic amines) is 1. The summed E-state index contributed by atoms with van der Waals surface area (Å²) in [5, 5.41) is 3.21. The molecule has 0 spiro atoms. The van der Waals surface area contributed by atoms with Crippen LogP contribution in [0.5, 0.6) is 0 Å². The molecule has 1 atom stereocenters. The fourth-order valence-corrected chi connectivity index (χ4v) is 3.37. The number of nitrogens with zero attached hydrogens (tertiary/aromatic N) is 3. The molecule has 0 radical (unpaired) electrons. The van der Waals surface area contributed by atoms with Crippen molar-refractivity contribution in [2.75, 3.05) is 26.2 Å². The summed E-state index contributed by atoms with van der Waals surface area (Å²) in [6.07, 6.45) is 4.39. The Labute approximate surface area is 143 Å². The van der Waals surface area contributed by atoms with Crippen LogP contribution in [0, 0.1) is 0 Å². The second-order valence-electron chi connectivity index (χ2n) is 6.38. The Balaban J connectivity index is 1.38. The van der Waals surface area contributed by atoms with E-state index in [9.17, 15) is 0 Å². The van der Waals surface area contributed by atoms with Gasteiger partial charge in [-0.05, 0) is 44.5 Å². The highest BCUT2D eigenvalue weighted by molar-refractivity contribution is 5.77. The lowest BCUT2D eigenvalue weighted by atomic mass is 10.2. The zero-order valence-corrected chi connectivity index (χ0v) is 14.5. The maximum atomic E-state index is 5.98. The minimum Gasteiger partial charge on any atom is -0.370 e. The number of aliphatic imine (C=N–C) groups is 1. The number of H-pyrrole nitrogens is 1. The summed E-state index contributed by atoms with van der Waals surface area (Å²) in [7, 11) is 0. The van der Waals surface area contributed by atoms with Gasteiger partial charge in [-0.15, -0.1) is 0 Å². The highest BCUT2D eigenvalue weighted by Crippen LogP contribution is 2.16. The molecule has 2 heterocycles. The molecule has 1 unspecified atom stereocenters. The normalized spacial score (nSPS) is 19.2. The third kappa shape index (κ3) is 4.26. The summed E-state index contributed by atoms with van der Waals surface area (Å²) in [5.41, 5.74) is 8.10. The standard InChI is InChI=1S/C18H28N6/c1-2-24-12-6-7-14(24)13-21-18(19)20-11-5-10-17-22-15-8-3-4-9-16(15)23-17/h3-4,8-9,14H,2,5-7,10-13H2,1H3,(H,22,23)(H3,19,20,21). The molecule has 1 saturated heterocycles. The maximum absolute atomic E-state index is 5.98. The summed E-state index contributed by atoms with van der Waals surface area (Å²) in [6, 6.07) is 8.67. The van der Waals surface area contributed by atoms with E-state index in [0.29, 0.717) is 12.0 Å². The lowest BCUT2D eigenvalue weighted by Gasteiger charge is -2.20. The molecule has 2 aromatic rings. The van der Waals surface area contributed by atoms with Gasteiger partial charge >= 0.3 is 0 Å². The Kier molecular flexibility index (Phi) is 5.69. The van der Waals surface area contributed by atoms with Crippen LogP contribution < -0.4 is 11.1 Å². The molecule has 3 rings (SSSR count). The van der Waals surface area contributed by atoms with E-state index in [1.165, 1.54) is 19.4 Å². The molecule has 0 amide bonds. The molecule has 0 bridgehead atoms. The number of aryl methyl sites for hydroxylation is 1. The SMILES string of the molecule is CCN1CCCC1CN=C(N)NCCCc1nc2ccccc2[nH]1. The zero-order chi connectivity index (χ0) is 16.8. The van der Waals surface area contributed by atoms with Crippen LogP contribution in [0.3, 0.4) is 0 Å². The van der Waals surface area contributed by atoms with Gasteiger partial charge in [-0.2, -0.15) is 0 Å². The minimum absolute atomic E-state index is 0.558. The van der Waals surface area contributed by atoms with Crippen LogP contribution in [0.25, 0.3) is 11.0 Å². The van der Waals surface area contributed by atoms with Crippen molar-refractivity contribution in [3.8, 4) is 0 Å². The van der Waals surface area contributed by atoms with Crippen molar-refractivity contribution in [2.45, 2.75) is 38.6 Å². The molecule has 1 fully saturated rings. The Morgan fingerprint density at radius 3 is 3.17 bits per heavy atom. The number of imidazole rings is 1. The molecule has 0 aliphatic carbocycles. The van der Waals surface area contributed by atoms with E-state index in [2.05, 4.69) is 38.2 Å². The molecule has 1 aliphatic rings. The van der Waals surface area contributed by atoms with Crippen LogP contribution >= 0.6 is 0 Å². The predicted molar refractivity (Wildman–Crippen MR) is 99.2 cm³/mol. The Hall–Kier alpha value is -2.08. The number of likely N-dealkylation sites (N-methyl/N-ethyl adjacent to an activating group) is 1. The first-order chi connectivity index (χ1) is 11.8. The fraction of sp³-hybridized carbons (Fsp3) is 0.556. The summed E-state index contributed by atoms with van der Waals surface area (Å²) in [4.78, 5) is 14.9. The molecule has 1 aliphatic heterocycles. The predicted octanol–water partition coefficient (Wildman–Crippen LogP) is 1.88. The van der Waals surface area contributed by atoms with Crippen LogP contribution in [0.15, 0.2) is 29.3 Å². The third-order valence-corrected chi connectivity index (χ3v) is 4.71. The van der Waals surface area contributed by atoms with Gasteiger partial charge in [0.2, 0.25) is 0 Å². The summed E-state index contributed by atoms with van der Waals surface area (Å²) in [6.45, 7) is 6.12. The second-order valence-corrected chi connectivity index (χ2v) is 6.38. The molecule has 1 aromatic carbocycles. The van der Waals surface area contributed by atoms with Gasteiger partial charge in [0.05, 0.1) is 17.6 Å². The van der Waals surface area contributed by atoms with Crippen molar-refractivity contribution in [1.29, 1.82) is 0 Å². The lowest BCUT2D eigenvalue weighted by Crippen LogP contribution is -2.36. The van der Waals surface area contributed by atoms with Gasteiger partial charge in [0.1, 0.15) is 5.82 Å². The van der Waals surface area contributed by atoms with Crippen LogP contribution in [0.2, 0.25) is 0 Å². The number of para-hydroxylation sites is 2. The van der Waals surface area contributed by atoms with Crippen LogP contribution in [0.4, 0.5) is 0 Å². The smallest absolute Gasteiger partial charge is 0.188 e.